The topological polar surface area (TPSA) is 64.7 Å². The van der Waals surface area contributed by atoms with Crippen molar-refractivity contribution in [2.45, 2.75) is 33.9 Å². The maximum absolute atomic E-state index is 12.1. The minimum atomic E-state index is -0.191. The summed E-state index contributed by atoms with van der Waals surface area (Å²) in [6.45, 7) is 7.22. The van der Waals surface area contributed by atoms with Crippen molar-refractivity contribution in [3.05, 3.63) is 33.3 Å². The highest BCUT2D eigenvalue weighted by atomic mass is 79.9. The second kappa shape index (κ2) is 5.78. The number of amides is 1. The molecule has 0 aromatic carbocycles. The van der Waals surface area contributed by atoms with E-state index in [0.29, 0.717) is 12.2 Å². The third kappa shape index (κ3) is 2.63. The predicted octanol–water partition coefficient (Wildman–Crippen LogP) is 1.95. The lowest BCUT2D eigenvalue weighted by Crippen LogP contribution is -2.24. The third-order valence-corrected chi connectivity index (χ3v) is 4.37. The number of nitrogens with one attached hydrogen (secondary N) is 1. The Bertz CT molecular complexity index is 643. The maximum atomic E-state index is 12.1. The number of halogens is 1. The number of nitrogens with zero attached hydrogens (tertiary/aromatic N) is 4. The molecule has 1 amide bonds. The van der Waals surface area contributed by atoms with Gasteiger partial charge < -0.3 is 5.32 Å². The normalized spacial score (nSPS) is 10.8. The number of hydrogen-bond donors (Lipinski definition) is 1. The van der Waals surface area contributed by atoms with E-state index >= 15 is 0 Å². The van der Waals surface area contributed by atoms with Gasteiger partial charge in [-0.05, 0) is 36.7 Å². The van der Waals surface area contributed by atoms with Crippen LogP contribution in [0.15, 0.2) is 10.7 Å². The lowest BCUT2D eigenvalue weighted by Gasteiger charge is -2.04. The number of aryl methyl sites for hydroxylation is 2. The summed E-state index contributed by atoms with van der Waals surface area (Å²) in [5.41, 5.74) is 3.42. The summed E-state index contributed by atoms with van der Waals surface area (Å²) in [6.07, 6.45) is 1.79. The summed E-state index contributed by atoms with van der Waals surface area (Å²) in [6, 6.07) is 0. The standard InChI is InChI=1S/C13H18BrN5O/c1-5-19-8(2)10(7-16-19)6-15-13(20)12-11(14)9(3)18(4)17-12/h7H,5-6H2,1-4H3,(H,15,20). The molecule has 0 atom stereocenters. The largest absolute Gasteiger partial charge is 0.346 e. The first kappa shape index (κ1) is 14.8. The Morgan fingerprint density at radius 3 is 2.60 bits per heavy atom. The molecule has 0 radical (unpaired) electrons. The fourth-order valence-corrected chi connectivity index (χ4v) is 2.48. The smallest absolute Gasteiger partial charge is 0.273 e. The van der Waals surface area contributed by atoms with Crippen LogP contribution < -0.4 is 5.32 Å². The summed E-state index contributed by atoms with van der Waals surface area (Å²) in [5.74, 6) is -0.191. The van der Waals surface area contributed by atoms with Crippen LogP contribution >= 0.6 is 15.9 Å². The molecule has 0 spiro atoms. The molecule has 7 heteroatoms. The minimum Gasteiger partial charge on any atom is -0.346 e. The first-order chi connectivity index (χ1) is 9.45. The lowest BCUT2D eigenvalue weighted by molar-refractivity contribution is 0.0944. The van der Waals surface area contributed by atoms with Crippen molar-refractivity contribution in [1.29, 1.82) is 0 Å². The highest BCUT2D eigenvalue weighted by Crippen LogP contribution is 2.20. The summed E-state index contributed by atoms with van der Waals surface area (Å²) in [5, 5.41) is 11.3. The van der Waals surface area contributed by atoms with E-state index in [1.807, 2.05) is 32.5 Å². The minimum absolute atomic E-state index is 0.191. The number of aromatic nitrogens is 4. The zero-order chi connectivity index (χ0) is 14.9. The van der Waals surface area contributed by atoms with Crippen LogP contribution in [0.25, 0.3) is 0 Å². The molecular weight excluding hydrogens is 322 g/mol. The van der Waals surface area contributed by atoms with E-state index in [9.17, 15) is 4.79 Å². The fraction of sp³-hybridized carbons (Fsp3) is 0.462. The van der Waals surface area contributed by atoms with Crippen molar-refractivity contribution >= 4 is 21.8 Å². The van der Waals surface area contributed by atoms with E-state index in [1.54, 1.807) is 10.9 Å². The van der Waals surface area contributed by atoms with Gasteiger partial charge in [-0.25, -0.2) is 0 Å². The van der Waals surface area contributed by atoms with E-state index in [2.05, 4.69) is 31.4 Å². The van der Waals surface area contributed by atoms with E-state index in [1.165, 1.54) is 0 Å². The Morgan fingerprint density at radius 2 is 2.10 bits per heavy atom. The van der Waals surface area contributed by atoms with Gasteiger partial charge in [0.2, 0.25) is 0 Å². The highest BCUT2D eigenvalue weighted by molar-refractivity contribution is 9.10. The molecule has 0 saturated carbocycles. The molecule has 2 heterocycles. The van der Waals surface area contributed by atoms with E-state index in [0.717, 1.165) is 28.0 Å². The molecule has 0 aliphatic heterocycles. The molecule has 0 bridgehead atoms. The molecule has 6 nitrogen and oxygen atoms in total. The average Bonchev–Trinajstić information content (AvgIpc) is 2.91. The lowest BCUT2D eigenvalue weighted by atomic mass is 10.2. The second-order valence-corrected chi connectivity index (χ2v) is 5.42. The van der Waals surface area contributed by atoms with Crippen molar-refractivity contribution in [3.63, 3.8) is 0 Å². The Kier molecular flexibility index (Phi) is 4.27. The number of hydrogen-bond acceptors (Lipinski definition) is 3. The van der Waals surface area contributed by atoms with Gasteiger partial charge in [0.15, 0.2) is 5.69 Å². The van der Waals surface area contributed by atoms with Crippen molar-refractivity contribution in [1.82, 2.24) is 24.9 Å². The van der Waals surface area contributed by atoms with E-state index in [4.69, 9.17) is 0 Å². The fourth-order valence-electron chi connectivity index (χ4n) is 1.96. The van der Waals surface area contributed by atoms with Gasteiger partial charge in [0.25, 0.3) is 5.91 Å². The van der Waals surface area contributed by atoms with Crippen molar-refractivity contribution in [3.8, 4) is 0 Å². The van der Waals surface area contributed by atoms with Crippen molar-refractivity contribution < 1.29 is 4.79 Å². The molecule has 0 aliphatic rings. The summed E-state index contributed by atoms with van der Waals surface area (Å²) in [4.78, 5) is 12.1. The van der Waals surface area contributed by atoms with Gasteiger partial charge in [-0.2, -0.15) is 10.2 Å². The van der Waals surface area contributed by atoms with Crippen LogP contribution in [-0.4, -0.2) is 25.5 Å². The molecular formula is C13H18BrN5O. The molecule has 20 heavy (non-hydrogen) atoms. The van der Waals surface area contributed by atoms with Crippen LogP contribution in [0.3, 0.4) is 0 Å². The maximum Gasteiger partial charge on any atom is 0.273 e. The number of carbonyl (C=O) groups is 1. The summed E-state index contributed by atoms with van der Waals surface area (Å²) >= 11 is 3.40. The first-order valence-corrected chi connectivity index (χ1v) is 7.23. The summed E-state index contributed by atoms with van der Waals surface area (Å²) < 4.78 is 4.32. The quantitative estimate of drug-likeness (QED) is 0.925. The monoisotopic (exact) mass is 339 g/mol. The van der Waals surface area contributed by atoms with Gasteiger partial charge in [0.1, 0.15) is 0 Å². The predicted molar refractivity (Wildman–Crippen MR) is 79.5 cm³/mol. The van der Waals surface area contributed by atoms with Gasteiger partial charge in [0.05, 0.1) is 16.4 Å². The van der Waals surface area contributed by atoms with Crippen LogP contribution in [0.1, 0.15) is 34.4 Å². The van der Waals surface area contributed by atoms with Gasteiger partial charge in [-0.3, -0.25) is 14.2 Å². The number of carbonyl (C=O) groups excluding carboxylic acids is 1. The number of rotatable bonds is 4. The van der Waals surface area contributed by atoms with Crippen LogP contribution in [0.5, 0.6) is 0 Å². The van der Waals surface area contributed by atoms with Gasteiger partial charge >= 0.3 is 0 Å². The highest BCUT2D eigenvalue weighted by Gasteiger charge is 2.17. The Labute approximate surface area is 126 Å². The van der Waals surface area contributed by atoms with E-state index in [-0.39, 0.29) is 5.91 Å². The molecule has 0 saturated heterocycles. The first-order valence-electron chi connectivity index (χ1n) is 6.44. The van der Waals surface area contributed by atoms with Crippen LogP contribution in [0.4, 0.5) is 0 Å². The van der Waals surface area contributed by atoms with Crippen LogP contribution in [0, 0.1) is 13.8 Å². The summed E-state index contributed by atoms with van der Waals surface area (Å²) in [7, 11) is 1.81. The van der Waals surface area contributed by atoms with Crippen molar-refractivity contribution in [2.75, 3.05) is 0 Å². The average molecular weight is 340 g/mol. The zero-order valence-electron chi connectivity index (χ0n) is 12.1. The van der Waals surface area contributed by atoms with Crippen molar-refractivity contribution in [2.24, 2.45) is 7.05 Å². The molecule has 2 aromatic heterocycles. The zero-order valence-corrected chi connectivity index (χ0v) is 13.7. The molecule has 2 rings (SSSR count). The molecule has 0 aliphatic carbocycles. The molecule has 1 N–H and O–H groups in total. The van der Waals surface area contributed by atoms with Gasteiger partial charge in [-0.1, -0.05) is 0 Å². The second-order valence-electron chi connectivity index (χ2n) is 4.63. The molecule has 108 valence electrons. The third-order valence-electron chi connectivity index (χ3n) is 3.42. The van der Waals surface area contributed by atoms with Crippen LogP contribution in [0.2, 0.25) is 0 Å². The Morgan fingerprint density at radius 1 is 1.40 bits per heavy atom. The Hall–Kier alpha value is -1.63. The molecule has 0 fully saturated rings. The Balaban J connectivity index is 2.08. The molecule has 2 aromatic rings. The van der Waals surface area contributed by atoms with E-state index < -0.39 is 0 Å². The van der Waals surface area contributed by atoms with Crippen LogP contribution in [-0.2, 0) is 20.1 Å². The van der Waals surface area contributed by atoms with Gasteiger partial charge in [0, 0.05) is 31.4 Å². The van der Waals surface area contributed by atoms with Gasteiger partial charge in [-0.15, -0.1) is 0 Å². The molecule has 0 unspecified atom stereocenters. The SMILES string of the molecule is CCn1ncc(CNC(=O)c2nn(C)c(C)c2Br)c1C.